The molecule has 0 spiro atoms. The fraction of sp³-hybridized carbons (Fsp3) is 0. The largest absolute Gasteiger partial charge is 0.277 e. The van der Waals surface area contributed by atoms with E-state index in [-0.39, 0.29) is 11.5 Å². The number of halogens is 2. The van der Waals surface area contributed by atoms with Crippen LogP contribution in [0.3, 0.4) is 0 Å². The molecule has 0 aliphatic heterocycles. The molecule has 0 N–H and O–H groups in total. The maximum Gasteiger partial charge on any atom is 0.277 e. The van der Waals surface area contributed by atoms with Crippen molar-refractivity contribution in [1.29, 1.82) is 0 Å². The second-order valence-corrected chi connectivity index (χ2v) is 4.26. The van der Waals surface area contributed by atoms with E-state index < -0.39 is 4.92 Å². The van der Waals surface area contributed by atoms with Gasteiger partial charge in [-0.1, -0.05) is 40.2 Å². The van der Waals surface area contributed by atoms with Gasteiger partial charge in [-0.25, -0.2) is 4.39 Å². The highest BCUT2D eigenvalue weighted by Crippen LogP contribution is 2.31. The molecule has 19 heavy (non-hydrogen) atoms. The maximum absolute atomic E-state index is 12.9. The summed E-state index contributed by atoms with van der Waals surface area (Å²) in [6, 6.07) is 12.2. The van der Waals surface area contributed by atoms with Crippen LogP contribution in [0.15, 0.2) is 53.5 Å². The number of hydrogen-bond acceptors (Lipinski definition) is 2. The van der Waals surface area contributed by atoms with Crippen molar-refractivity contribution in [3.63, 3.8) is 0 Å². The Bertz CT molecular complexity index is 638. The Balaban J connectivity index is 2.55. The molecule has 0 unspecified atom stereocenters. The van der Waals surface area contributed by atoms with Crippen molar-refractivity contribution < 1.29 is 9.31 Å². The molecule has 0 saturated heterocycles. The van der Waals surface area contributed by atoms with E-state index in [0.717, 1.165) is 0 Å². The number of hydrogen-bond donors (Lipinski definition) is 0. The molecule has 0 aliphatic carbocycles. The fourth-order valence-corrected chi connectivity index (χ4v) is 2.28. The van der Waals surface area contributed by atoms with Crippen molar-refractivity contribution in [3.05, 3.63) is 80.6 Å². The summed E-state index contributed by atoms with van der Waals surface area (Å²) < 4.78 is 12.9. The highest BCUT2D eigenvalue weighted by atomic mass is 79.9. The van der Waals surface area contributed by atoms with Gasteiger partial charge in [0.1, 0.15) is 5.82 Å². The van der Waals surface area contributed by atoms with Crippen LogP contribution in [0.25, 0.3) is 5.57 Å². The maximum atomic E-state index is 12.9. The number of rotatable bonds is 3. The van der Waals surface area contributed by atoms with Crippen LogP contribution in [0.2, 0.25) is 0 Å². The number of nitro benzene ring substituents is 1. The molecule has 0 atom stereocenters. The van der Waals surface area contributed by atoms with Crippen LogP contribution in [0.4, 0.5) is 10.1 Å². The summed E-state index contributed by atoms with van der Waals surface area (Å²) in [5.41, 5.74) is 1.83. The SMILES string of the molecule is O=[N+]([O-])c1ccccc1C(=CBr)c1ccc(F)cc1. The Morgan fingerprint density at radius 1 is 1.16 bits per heavy atom. The first-order valence-electron chi connectivity index (χ1n) is 5.43. The molecule has 5 heteroatoms. The summed E-state index contributed by atoms with van der Waals surface area (Å²) in [4.78, 5) is 12.2. The Kier molecular flexibility index (Phi) is 4.06. The zero-order valence-corrected chi connectivity index (χ0v) is 11.3. The third-order valence-electron chi connectivity index (χ3n) is 2.66. The molecule has 0 amide bonds. The van der Waals surface area contributed by atoms with Crippen molar-refractivity contribution in [1.82, 2.24) is 0 Å². The highest BCUT2D eigenvalue weighted by Gasteiger charge is 2.17. The van der Waals surface area contributed by atoms with Crippen molar-refractivity contribution in [2.45, 2.75) is 0 Å². The average Bonchev–Trinajstić information content (AvgIpc) is 2.42. The van der Waals surface area contributed by atoms with Crippen LogP contribution >= 0.6 is 15.9 Å². The summed E-state index contributed by atoms with van der Waals surface area (Å²) in [5, 5.41) is 11.0. The van der Waals surface area contributed by atoms with Gasteiger partial charge in [-0.05, 0) is 28.7 Å². The minimum atomic E-state index is -0.435. The predicted octanol–water partition coefficient (Wildman–Crippen LogP) is 4.52. The van der Waals surface area contributed by atoms with E-state index in [4.69, 9.17) is 0 Å². The lowest BCUT2D eigenvalue weighted by Crippen LogP contribution is -1.95. The highest BCUT2D eigenvalue weighted by molar-refractivity contribution is 9.11. The Labute approximate surface area is 117 Å². The number of benzene rings is 2. The summed E-state index contributed by atoms with van der Waals surface area (Å²) in [5.74, 6) is -0.347. The normalized spacial score (nSPS) is 11.4. The molecule has 0 heterocycles. The molecular weight excluding hydrogens is 313 g/mol. The lowest BCUT2D eigenvalue weighted by atomic mass is 9.98. The third kappa shape index (κ3) is 2.88. The monoisotopic (exact) mass is 321 g/mol. The van der Waals surface area contributed by atoms with Crippen LogP contribution in [-0.2, 0) is 0 Å². The van der Waals surface area contributed by atoms with E-state index in [2.05, 4.69) is 15.9 Å². The van der Waals surface area contributed by atoms with Gasteiger partial charge in [-0.3, -0.25) is 10.1 Å². The predicted molar refractivity (Wildman–Crippen MR) is 75.5 cm³/mol. The summed E-state index contributed by atoms with van der Waals surface area (Å²) >= 11 is 3.21. The van der Waals surface area contributed by atoms with E-state index in [0.29, 0.717) is 16.7 Å². The quantitative estimate of drug-likeness (QED) is 0.616. The van der Waals surface area contributed by atoms with Crippen LogP contribution in [0.5, 0.6) is 0 Å². The molecule has 2 aromatic rings. The Hall–Kier alpha value is -2.01. The van der Waals surface area contributed by atoms with Gasteiger partial charge >= 0.3 is 0 Å². The molecule has 0 aromatic heterocycles. The number of nitro groups is 1. The first kappa shape index (κ1) is 13.4. The Morgan fingerprint density at radius 3 is 2.37 bits per heavy atom. The van der Waals surface area contributed by atoms with Crippen molar-refractivity contribution in [2.75, 3.05) is 0 Å². The second-order valence-electron chi connectivity index (χ2n) is 3.80. The van der Waals surface area contributed by atoms with Gasteiger partial charge in [-0.2, -0.15) is 0 Å². The first-order chi connectivity index (χ1) is 9.13. The first-order valence-corrected chi connectivity index (χ1v) is 6.35. The summed E-state index contributed by atoms with van der Waals surface area (Å²) in [6.07, 6.45) is 0. The molecule has 96 valence electrons. The molecule has 0 saturated carbocycles. The van der Waals surface area contributed by atoms with E-state index in [1.165, 1.54) is 18.2 Å². The van der Waals surface area contributed by atoms with Crippen molar-refractivity contribution in [2.24, 2.45) is 0 Å². The fourth-order valence-electron chi connectivity index (χ4n) is 1.77. The lowest BCUT2D eigenvalue weighted by Gasteiger charge is -2.07. The van der Waals surface area contributed by atoms with Gasteiger partial charge in [0.2, 0.25) is 0 Å². The molecule has 2 aromatic carbocycles. The van der Waals surface area contributed by atoms with E-state index in [1.54, 1.807) is 35.3 Å². The van der Waals surface area contributed by atoms with Crippen molar-refractivity contribution in [3.8, 4) is 0 Å². The van der Waals surface area contributed by atoms with Crippen LogP contribution in [0.1, 0.15) is 11.1 Å². The van der Waals surface area contributed by atoms with Gasteiger partial charge in [0.15, 0.2) is 0 Å². The zero-order chi connectivity index (χ0) is 13.8. The van der Waals surface area contributed by atoms with Gasteiger partial charge in [0, 0.05) is 11.6 Å². The second kappa shape index (κ2) is 5.75. The summed E-state index contributed by atoms with van der Waals surface area (Å²) in [7, 11) is 0. The van der Waals surface area contributed by atoms with E-state index in [9.17, 15) is 14.5 Å². The van der Waals surface area contributed by atoms with Gasteiger partial charge < -0.3 is 0 Å². The molecular formula is C14H9BrFNO2. The van der Waals surface area contributed by atoms with Gasteiger partial charge in [-0.15, -0.1) is 0 Å². The van der Waals surface area contributed by atoms with Crippen LogP contribution < -0.4 is 0 Å². The molecule has 0 radical (unpaired) electrons. The molecule has 0 fully saturated rings. The van der Waals surface area contributed by atoms with Crippen LogP contribution in [0, 0.1) is 15.9 Å². The van der Waals surface area contributed by atoms with Crippen molar-refractivity contribution >= 4 is 27.2 Å². The standard InChI is InChI=1S/C14H9BrFNO2/c15-9-13(10-5-7-11(16)8-6-10)12-3-1-2-4-14(12)17(18)19/h1-9H. The van der Waals surface area contributed by atoms with E-state index >= 15 is 0 Å². The smallest absolute Gasteiger partial charge is 0.258 e. The lowest BCUT2D eigenvalue weighted by molar-refractivity contribution is -0.385. The summed E-state index contributed by atoms with van der Waals surface area (Å²) in [6.45, 7) is 0. The van der Waals surface area contributed by atoms with Gasteiger partial charge in [0.05, 0.1) is 10.5 Å². The number of para-hydroxylation sites is 1. The third-order valence-corrected chi connectivity index (χ3v) is 3.11. The minimum Gasteiger partial charge on any atom is -0.258 e. The van der Waals surface area contributed by atoms with Crippen LogP contribution in [-0.4, -0.2) is 4.92 Å². The molecule has 3 nitrogen and oxygen atoms in total. The Morgan fingerprint density at radius 2 is 1.79 bits per heavy atom. The molecule has 2 rings (SSSR count). The topological polar surface area (TPSA) is 43.1 Å². The molecule has 0 bridgehead atoms. The van der Waals surface area contributed by atoms with Gasteiger partial charge in [0.25, 0.3) is 5.69 Å². The van der Waals surface area contributed by atoms with E-state index in [1.807, 2.05) is 0 Å². The number of nitrogens with zero attached hydrogens (tertiary/aromatic N) is 1. The minimum absolute atomic E-state index is 0.0116. The average molecular weight is 322 g/mol. The molecule has 0 aliphatic rings. The zero-order valence-electron chi connectivity index (χ0n) is 9.72.